The second-order valence-electron chi connectivity index (χ2n) is 7.31. The number of nitrogens with zero attached hydrogens (tertiary/aromatic N) is 2. The van der Waals surface area contributed by atoms with Crippen molar-refractivity contribution in [2.24, 2.45) is 5.14 Å². The molecule has 10 nitrogen and oxygen atoms in total. The molecule has 0 fully saturated rings. The molecule has 0 bridgehead atoms. The number of sulfonamides is 1. The molecule has 33 heavy (non-hydrogen) atoms. The normalized spacial score (nSPS) is 15.4. The number of rotatable bonds is 4. The molecule has 3 aromatic rings. The van der Waals surface area contributed by atoms with E-state index in [1.807, 2.05) is 0 Å². The van der Waals surface area contributed by atoms with Gasteiger partial charge in [-0.15, -0.1) is 0 Å². The molecular weight excluding hydrogens is 446 g/mol. The van der Waals surface area contributed by atoms with E-state index in [-0.39, 0.29) is 27.9 Å². The highest BCUT2D eigenvalue weighted by Gasteiger charge is 2.39. The van der Waals surface area contributed by atoms with Crippen molar-refractivity contribution >= 4 is 44.9 Å². The number of nitrogens with two attached hydrogens (primary N) is 1. The van der Waals surface area contributed by atoms with Crippen LogP contribution in [0.3, 0.4) is 0 Å². The van der Waals surface area contributed by atoms with Gasteiger partial charge in [0.1, 0.15) is 11.9 Å². The van der Waals surface area contributed by atoms with Crippen molar-refractivity contribution in [3.05, 3.63) is 78.0 Å². The standard InChI is InChI=1S/C22H19N5O5S/c1-13(28)25-19-11-15(9-10-24-19)22(30)27-18-8-7-16(33(23,31)32)12-17(18)26-21(29)20(27)14-5-3-2-4-6-14/h2-12,20H,1H3,(H,26,29)(H2,23,31,32)(H,24,25,28). The Kier molecular flexibility index (Phi) is 5.66. The van der Waals surface area contributed by atoms with Crippen molar-refractivity contribution in [2.75, 3.05) is 15.5 Å². The average Bonchev–Trinajstić information content (AvgIpc) is 2.77. The number of amides is 3. The predicted octanol–water partition coefficient (Wildman–Crippen LogP) is 2.03. The summed E-state index contributed by atoms with van der Waals surface area (Å²) < 4.78 is 23.6. The molecule has 4 N–H and O–H groups in total. The van der Waals surface area contributed by atoms with Crippen LogP contribution >= 0.6 is 0 Å². The van der Waals surface area contributed by atoms with Crippen molar-refractivity contribution in [3.63, 3.8) is 0 Å². The lowest BCUT2D eigenvalue weighted by Gasteiger charge is -2.37. The van der Waals surface area contributed by atoms with Crippen molar-refractivity contribution in [3.8, 4) is 0 Å². The Morgan fingerprint density at radius 3 is 2.48 bits per heavy atom. The van der Waals surface area contributed by atoms with Crippen molar-refractivity contribution in [2.45, 2.75) is 17.9 Å². The maximum atomic E-state index is 13.7. The lowest BCUT2D eigenvalue weighted by Crippen LogP contribution is -2.45. The lowest BCUT2D eigenvalue weighted by atomic mass is 9.99. The van der Waals surface area contributed by atoms with Gasteiger partial charge in [0, 0.05) is 18.7 Å². The summed E-state index contributed by atoms with van der Waals surface area (Å²) in [6, 6.07) is 14.4. The topological polar surface area (TPSA) is 152 Å². The van der Waals surface area contributed by atoms with Crippen LogP contribution in [0, 0.1) is 0 Å². The molecule has 1 aliphatic rings. The van der Waals surface area contributed by atoms with Crippen molar-refractivity contribution in [1.82, 2.24) is 4.98 Å². The molecule has 11 heteroatoms. The molecule has 0 radical (unpaired) electrons. The number of aromatic nitrogens is 1. The summed E-state index contributed by atoms with van der Waals surface area (Å²) in [6.07, 6.45) is 1.37. The second-order valence-corrected chi connectivity index (χ2v) is 8.87. The Morgan fingerprint density at radius 1 is 1.09 bits per heavy atom. The van der Waals surface area contributed by atoms with Gasteiger partial charge in [-0.25, -0.2) is 18.5 Å². The minimum absolute atomic E-state index is 0.128. The molecule has 3 amide bonds. The number of carbonyl (C=O) groups is 3. The number of primary sulfonamides is 1. The summed E-state index contributed by atoms with van der Waals surface area (Å²) in [6.45, 7) is 1.32. The zero-order valence-electron chi connectivity index (χ0n) is 17.3. The smallest absolute Gasteiger partial charge is 0.259 e. The van der Waals surface area contributed by atoms with Gasteiger partial charge in [0.15, 0.2) is 0 Å². The second kappa shape index (κ2) is 8.45. The Labute approximate surface area is 189 Å². The molecule has 0 aliphatic carbocycles. The van der Waals surface area contributed by atoms with Gasteiger partial charge in [-0.05, 0) is 35.9 Å². The molecule has 0 saturated carbocycles. The molecule has 2 aromatic carbocycles. The molecular formula is C22H19N5O5S. The Bertz CT molecular complexity index is 1370. The number of carbonyl (C=O) groups excluding carboxylic acids is 3. The van der Waals surface area contributed by atoms with Gasteiger partial charge < -0.3 is 10.6 Å². The summed E-state index contributed by atoms with van der Waals surface area (Å²) in [5.74, 6) is -1.24. The molecule has 4 rings (SSSR count). The molecule has 1 aromatic heterocycles. The first-order chi connectivity index (χ1) is 15.6. The Balaban J connectivity index is 1.87. The minimum Gasteiger partial charge on any atom is -0.322 e. The fourth-order valence-corrected chi connectivity index (χ4v) is 4.11. The van der Waals surface area contributed by atoms with E-state index in [1.54, 1.807) is 30.3 Å². The van der Waals surface area contributed by atoms with Gasteiger partial charge in [-0.3, -0.25) is 19.3 Å². The molecule has 1 atom stereocenters. The first-order valence-electron chi connectivity index (χ1n) is 9.75. The third kappa shape index (κ3) is 4.45. The maximum Gasteiger partial charge on any atom is 0.259 e. The zero-order valence-corrected chi connectivity index (χ0v) is 18.2. The summed E-state index contributed by atoms with van der Waals surface area (Å²) >= 11 is 0. The van der Waals surface area contributed by atoms with Crippen LogP contribution in [0.15, 0.2) is 71.8 Å². The van der Waals surface area contributed by atoms with Crippen LogP contribution in [0.2, 0.25) is 0 Å². The van der Waals surface area contributed by atoms with Gasteiger partial charge in [-0.2, -0.15) is 0 Å². The van der Waals surface area contributed by atoms with E-state index in [0.717, 1.165) is 0 Å². The van der Waals surface area contributed by atoms with E-state index in [2.05, 4.69) is 15.6 Å². The first kappa shape index (κ1) is 22.1. The molecule has 2 heterocycles. The summed E-state index contributed by atoms with van der Waals surface area (Å²) in [5.41, 5.74) is 1.15. The van der Waals surface area contributed by atoms with Crippen LogP contribution in [-0.2, 0) is 19.6 Å². The van der Waals surface area contributed by atoms with E-state index >= 15 is 0 Å². The van der Waals surface area contributed by atoms with E-state index in [9.17, 15) is 22.8 Å². The van der Waals surface area contributed by atoms with Gasteiger partial charge in [0.25, 0.3) is 11.8 Å². The number of nitrogens with one attached hydrogen (secondary N) is 2. The van der Waals surface area contributed by atoms with Crippen molar-refractivity contribution in [1.29, 1.82) is 0 Å². The molecule has 1 unspecified atom stereocenters. The molecule has 168 valence electrons. The van der Waals surface area contributed by atoms with Crippen LogP contribution < -0.4 is 20.7 Å². The van der Waals surface area contributed by atoms with Crippen LogP contribution in [0.25, 0.3) is 0 Å². The highest BCUT2D eigenvalue weighted by Crippen LogP contribution is 2.40. The van der Waals surface area contributed by atoms with Gasteiger partial charge in [0.05, 0.1) is 16.3 Å². The van der Waals surface area contributed by atoms with Crippen LogP contribution in [-0.4, -0.2) is 31.1 Å². The van der Waals surface area contributed by atoms with Crippen LogP contribution in [0.5, 0.6) is 0 Å². The van der Waals surface area contributed by atoms with Crippen LogP contribution in [0.4, 0.5) is 17.2 Å². The quantitative estimate of drug-likeness (QED) is 0.536. The van der Waals surface area contributed by atoms with Crippen LogP contribution in [0.1, 0.15) is 28.9 Å². The number of hydrogen-bond donors (Lipinski definition) is 3. The Hall–Kier alpha value is -4.09. The largest absolute Gasteiger partial charge is 0.322 e. The third-order valence-electron chi connectivity index (χ3n) is 4.97. The highest BCUT2D eigenvalue weighted by molar-refractivity contribution is 7.89. The summed E-state index contributed by atoms with van der Waals surface area (Å²) in [5, 5.41) is 10.4. The molecule has 0 saturated heterocycles. The van der Waals surface area contributed by atoms with Gasteiger partial charge in [0.2, 0.25) is 15.9 Å². The van der Waals surface area contributed by atoms with E-state index < -0.39 is 27.9 Å². The fourth-order valence-electron chi connectivity index (χ4n) is 3.57. The molecule has 0 spiro atoms. The fraction of sp³-hybridized carbons (Fsp3) is 0.0909. The SMILES string of the molecule is CC(=O)Nc1cc(C(=O)N2c3ccc(S(N)(=O)=O)cc3NC(=O)C2c2ccccc2)ccn1. The monoisotopic (exact) mass is 465 g/mol. The molecule has 1 aliphatic heterocycles. The van der Waals surface area contributed by atoms with E-state index in [4.69, 9.17) is 5.14 Å². The number of pyridine rings is 1. The summed E-state index contributed by atoms with van der Waals surface area (Å²) in [4.78, 5) is 43.3. The number of benzene rings is 2. The van der Waals surface area contributed by atoms with Crippen molar-refractivity contribution < 1.29 is 22.8 Å². The highest BCUT2D eigenvalue weighted by atomic mass is 32.2. The van der Waals surface area contributed by atoms with Gasteiger partial charge >= 0.3 is 0 Å². The predicted molar refractivity (Wildman–Crippen MR) is 121 cm³/mol. The maximum absolute atomic E-state index is 13.7. The number of hydrogen-bond acceptors (Lipinski definition) is 6. The first-order valence-corrected chi connectivity index (χ1v) is 11.3. The van der Waals surface area contributed by atoms with E-state index in [1.165, 1.54) is 48.4 Å². The number of fused-ring (bicyclic) bond motifs is 1. The van der Waals surface area contributed by atoms with E-state index in [0.29, 0.717) is 11.3 Å². The van der Waals surface area contributed by atoms with Gasteiger partial charge in [-0.1, -0.05) is 30.3 Å². The minimum atomic E-state index is -4.03. The Morgan fingerprint density at radius 2 is 1.82 bits per heavy atom. The number of anilines is 3. The lowest BCUT2D eigenvalue weighted by molar-refractivity contribution is -0.117. The average molecular weight is 465 g/mol. The third-order valence-corrected chi connectivity index (χ3v) is 5.88. The zero-order chi connectivity index (χ0) is 23.8. The summed E-state index contributed by atoms with van der Waals surface area (Å²) in [7, 11) is -4.03.